The van der Waals surface area contributed by atoms with E-state index in [0.717, 1.165) is 23.0 Å². The predicted octanol–water partition coefficient (Wildman–Crippen LogP) is 3.16. The van der Waals surface area contributed by atoms with Gasteiger partial charge in [-0.2, -0.15) is 0 Å². The highest BCUT2D eigenvalue weighted by atomic mass is 35.5. The molecule has 0 unspecified atom stereocenters. The number of H-pyrrole nitrogens is 1. The van der Waals surface area contributed by atoms with Gasteiger partial charge in [-0.3, -0.25) is 4.79 Å². The number of amides is 1. The van der Waals surface area contributed by atoms with Crippen molar-refractivity contribution in [2.45, 2.75) is 44.6 Å². The number of halogens is 1. The Bertz CT molecular complexity index is 634. The van der Waals surface area contributed by atoms with Gasteiger partial charge in [0.15, 0.2) is 0 Å². The molecule has 0 aliphatic heterocycles. The zero-order valence-corrected chi connectivity index (χ0v) is 14.2. The number of hydrogen-bond acceptors (Lipinski definition) is 2. The van der Waals surface area contributed by atoms with Gasteiger partial charge in [-0.25, -0.2) is 0 Å². The Balaban J connectivity index is 0.00000192. The second kappa shape index (κ2) is 8.37. The Hall–Kier alpha value is -1.52. The SMILES string of the molecule is Cl.N[C@@H](Cc1c[nH]c2ccccc12)C(=O)NCC1CCCCC1. The van der Waals surface area contributed by atoms with Crippen molar-refractivity contribution in [3.05, 3.63) is 36.0 Å². The average molecular weight is 336 g/mol. The lowest BCUT2D eigenvalue weighted by atomic mass is 9.89. The molecule has 1 aliphatic rings. The molecule has 1 aromatic heterocycles. The average Bonchev–Trinajstić information content (AvgIpc) is 2.97. The van der Waals surface area contributed by atoms with Crippen molar-refractivity contribution in [2.24, 2.45) is 11.7 Å². The van der Waals surface area contributed by atoms with Crippen LogP contribution in [0.3, 0.4) is 0 Å². The van der Waals surface area contributed by atoms with Crippen LogP contribution in [-0.2, 0) is 11.2 Å². The van der Waals surface area contributed by atoms with Gasteiger partial charge in [-0.05, 0) is 36.8 Å². The van der Waals surface area contributed by atoms with Gasteiger partial charge < -0.3 is 16.0 Å². The molecule has 1 aromatic carbocycles. The van der Waals surface area contributed by atoms with Gasteiger partial charge in [0, 0.05) is 23.6 Å². The smallest absolute Gasteiger partial charge is 0.237 e. The monoisotopic (exact) mass is 335 g/mol. The van der Waals surface area contributed by atoms with Crippen molar-refractivity contribution in [3.63, 3.8) is 0 Å². The Morgan fingerprint density at radius 3 is 2.78 bits per heavy atom. The van der Waals surface area contributed by atoms with E-state index in [1.807, 2.05) is 24.4 Å². The lowest BCUT2D eigenvalue weighted by molar-refractivity contribution is -0.122. The number of nitrogens with two attached hydrogens (primary N) is 1. The molecule has 4 nitrogen and oxygen atoms in total. The van der Waals surface area contributed by atoms with Gasteiger partial charge in [-0.15, -0.1) is 12.4 Å². The van der Waals surface area contributed by atoms with E-state index in [4.69, 9.17) is 5.73 Å². The van der Waals surface area contributed by atoms with E-state index in [9.17, 15) is 4.79 Å². The summed E-state index contributed by atoms with van der Waals surface area (Å²) in [6, 6.07) is 7.62. The molecule has 1 aliphatic carbocycles. The minimum atomic E-state index is -0.484. The lowest BCUT2D eigenvalue weighted by Gasteiger charge is -2.22. The summed E-state index contributed by atoms with van der Waals surface area (Å²) in [5.41, 5.74) is 8.29. The quantitative estimate of drug-likeness (QED) is 0.785. The van der Waals surface area contributed by atoms with Crippen LogP contribution in [0.1, 0.15) is 37.7 Å². The summed E-state index contributed by atoms with van der Waals surface area (Å²) in [6.07, 6.45) is 8.92. The van der Waals surface area contributed by atoms with Crippen molar-refractivity contribution >= 4 is 29.2 Å². The molecule has 126 valence electrons. The van der Waals surface area contributed by atoms with E-state index in [2.05, 4.69) is 16.4 Å². The molecular formula is C18H26ClN3O. The number of aromatic amines is 1. The third-order valence-corrected chi connectivity index (χ3v) is 4.74. The summed E-state index contributed by atoms with van der Waals surface area (Å²) in [4.78, 5) is 15.4. The normalized spacial score (nSPS) is 16.7. The van der Waals surface area contributed by atoms with E-state index in [1.54, 1.807) is 0 Å². The summed E-state index contributed by atoms with van der Waals surface area (Å²) in [7, 11) is 0. The molecule has 2 aromatic rings. The zero-order valence-electron chi connectivity index (χ0n) is 13.4. The van der Waals surface area contributed by atoms with Crippen LogP contribution in [-0.4, -0.2) is 23.5 Å². The molecule has 1 heterocycles. The molecule has 0 bridgehead atoms. The molecule has 5 heteroatoms. The van der Waals surface area contributed by atoms with Crippen LogP contribution in [0.5, 0.6) is 0 Å². The molecule has 1 atom stereocenters. The summed E-state index contributed by atoms with van der Waals surface area (Å²) in [5, 5.41) is 4.19. The molecule has 1 amide bonds. The van der Waals surface area contributed by atoms with Gasteiger partial charge in [-0.1, -0.05) is 37.5 Å². The van der Waals surface area contributed by atoms with Gasteiger partial charge in [0.05, 0.1) is 6.04 Å². The van der Waals surface area contributed by atoms with Crippen LogP contribution in [0.2, 0.25) is 0 Å². The van der Waals surface area contributed by atoms with E-state index in [1.165, 1.54) is 32.1 Å². The number of para-hydroxylation sites is 1. The predicted molar refractivity (Wildman–Crippen MR) is 96.8 cm³/mol. The largest absolute Gasteiger partial charge is 0.361 e. The minimum absolute atomic E-state index is 0. The van der Waals surface area contributed by atoms with Crippen LogP contribution in [0, 0.1) is 5.92 Å². The van der Waals surface area contributed by atoms with E-state index >= 15 is 0 Å². The number of carbonyl (C=O) groups excluding carboxylic acids is 1. The van der Waals surface area contributed by atoms with Crippen LogP contribution >= 0.6 is 12.4 Å². The van der Waals surface area contributed by atoms with Crippen molar-refractivity contribution in [3.8, 4) is 0 Å². The second-order valence-corrected chi connectivity index (χ2v) is 6.42. The Labute approximate surface area is 143 Å². The molecule has 0 spiro atoms. The lowest BCUT2D eigenvalue weighted by Crippen LogP contribution is -2.43. The first kappa shape index (κ1) is 17.8. The molecule has 0 saturated heterocycles. The fourth-order valence-corrected chi connectivity index (χ4v) is 3.40. The van der Waals surface area contributed by atoms with E-state index in [0.29, 0.717) is 12.3 Å². The maximum absolute atomic E-state index is 12.2. The minimum Gasteiger partial charge on any atom is -0.361 e. The standard InChI is InChI=1S/C18H25N3O.ClH/c19-16(18(22)21-11-13-6-2-1-3-7-13)10-14-12-20-17-9-5-4-8-15(14)17;/h4-5,8-9,12-13,16,20H,1-3,6-7,10-11,19H2,(H,21,22);1H/t16-;/m0./s1. The molecule has 3 rings (SSSR count). The maximum atomic E-state index is 12.2. The molecule has 1 fully saturated rings. The van der Waals surface area contributed by atoms with Gasteiger partial charge >= 0.3 is 0 Å². The Kier molecular flexibility index (Phi) is 6.48. The van der Waals surface area contributed by atoms with E-state index in [-0.39, 0.29) is 18.3 Å². The third-order valence-electron chi connectivity index (χ3n) is 4.74. The second-order valence-electron chi connectivity index (χ2n) is 6.42. The molecule has 1 saturated carbocycles. The fourth-order valence-electron chi connectivity index (χ4n) is 3.40. The maximum Gasteiger partial charge on any atom is 0.237 e. The summed E-state index contributed by atoms with van der Waals surface area (Å²) < 4.78 is 0. The molecular weight excluding hydrogens is 310 g/mol. The van der Waals surface area contributed by atoms with Gasteiger partial charge in [0.25, 0.3) is 0 Å². The van der Waals surface area contributed by atoms with Gasteiger partial charge in [0.1, 0.15) is 0 Å². The van der Waals surface area contributed by atoms with Gasteiger partial charge in [0.2, 0.25) is 5.91 Å². The number of fused-ring (bicyclic) bond motifs is 1. The highest BCUT2D eigenvalue weighted by Gasteiger charge is 2.18. The Morgan fingerprint density at radius 2 is 2.00 bits per heavy atom. The highest BCUT2D eigenvalue weighted by molar-refractivity contribution is 5.86. The molecule has 4 N–H and O–H groups in total. The van der Waals surface area contributed by atoms with Crippen molar-refractivity contribution < 1.29 is 4.79 Å². The van der Waals surface area contributed by atoms with Crippen LogP contribution in [0.4, 0.5) is 0 Å². The number of hydrogen-bond donors (Lipinski definition) is 3. The summed E-state index contributed by atoms with van der Waals surface area (Å²) in [6.45, 7) is 0.778. The van der Waals surface area contributed by atoms with Crippen LogP contribution in [0.25, 0.3) is 10.9 Å². The van der Waals surface area contributed by atoms with E-state index < -0.39 is 6.04 Å². The van der Waals surface area contributed by atoms with Crippen LogP contribution < -0.4 is 11.1 Å². The fraction of sp³-hybridized carbons (Fsp3) is 0.500. The first-order valence-electron chi connectivity index (χ1n) is 8.32. The van der Waals surface area contributed by atoms with Crippen molar-refractivity contribution in [2.75, 3.05) is 6.54 Å². The first-order valence-corrected chi connectivity index (χ1v) is 8.32. The number of nitrogens with one attached hydrogen (secondary N) is 2. The number of benzene rings is 1. The highest BCUT2D eigenvalue weighted by Crippen LogP contribution is 2.23. The summed E-state index contributed by atoms with van der Waals surface area (Å²) >= 11 is 0. The first-order chi connectivity index (χ1) is 10.7. The zero-order chi connectivity index (χ0) is 15.4. The number of carbonyl (C=O) groups is 1. The molecule has 23 heavy (non-hydrogen) atoms. The van der Waals surface area contributed by atoms with Crippen molar-refractivity contribution in [1.29, 1.82) is 0 Å². The summed E-state index contributed by atoms with van der Waals surface area (Å²) in [5.74, 6) is 0.605. The third kappa shape index (κ3) is 4.49. The molecule has 0 radical (unpaired) electrons. The topological polar surface area (TPSA) is 70.9 Å². The number of aromatic nitrogens is 1. The van der Waals surface area contributed by atoms with Crippen LogP contribution in [0.15, 0.2) is 30.5 Å². The van der Waals surface area contributed by atoms with Crippen molar-refractivity contribution in [1.82, 2.24) is 10.3 Å². The number of rotatable bonds is 5. The Morgan fingerprint density at radius 1 is 1.26 bits per heavy atom.